The third-order valence-corrected chi connectivity index (χ3v) is 21.4. The van der Waals surface area contributed by atoms with Crippen molar-refractivity contribution in [1.29, 1.82) is 0 Å². The molecule has 0 spiro atoms. The zero-order valence-corrected chi connectivity index (χ0v) is 33.6. The van der Waals surface area contributed by atoms with E-state index in [4.69, 9.17) is 0 Å². The third kappa shape index (κ3) is 6.16. The molecule has 0 unspecified atom stereocenters. The van der Waals surface area contributed by atoms with Crippen LogP contribution >= 0.6 is 0 Å². The van der Waals surface area contributed by atoms with E-state index in [0.29, 0.717) is 0 Å². The molecule has 10 aromatic rings. The first-order valence-electron chi connectivity index (χ1n) is 19.6. The molecule has 1 heterocycles. The van der Waals surface area contributed by atoms with Crippen LogP contribution in [0.15, 0.2) is 243 Å². The number of aromatic nitrogens is 1. The molecule has 0 aliphatic rings. The van der Waals surface area contributed by atoms with Crippen LogP contribution in [0.2, 0.25) is 0 Å². The summed E-state index contributed by atoms with van der Waals surface area (Å²) in [6, 6.07) is 89.0. The van der Waals surface area contributed by atoms with Gasteiger partial charge < -0.3 is 0 Å². The van der Waals surface area contributed by atoms with Crippen molar-refractivity contribution in [3.8, 4) is 16.8 Å². The molecule has 1 aromatic heterocycles. The number of rotatable bonds is 9. The van der Waals surface area contributed by atoms with Crippen LogP contribution in [0.25, 0.3) is 38.6 Å². The molecule has 10 rings (SSSR count). The van der Waals surface area contributed by atoms with Gasteiger partial charge in [0.05, 0.1) is 0 Å². The molecule has 0 fully saturated rings. The number of hydrogen-bond donors (Lipinski definition) is 0. The Kier molecular flexibility index (Phi) is 9.10. The molecule has 0 aliphatic carbocycles. The molecular weight excluding hydrogens is 749 g/mol. The van der Waals surface area contributed by atoms with Crippen LogP contribution in [-0.4, -0.2) is 17.8 Å². The van der Waals surface area contributed by atoms with Crippen LogP contribution < -0.4 is 22.5 Å². The van der Waals surface area contributed by atoms with Gasteiger partial charge in [-0.2, -0.15) is 0 Å². The van der Waals surface area contributed by atoms with E-state index in [0.717, 1.165) is 22.7 Å². The Morgan fingerprint density at radius 2 is 0.719 bits per heavy atom. The summed E-state index contributed by atoms with van der Waals surface area (Å²) in [6.07, 6.45) is 0. The summed E-state index contributed by atoms with van der Waals surface area (Å²) in [6.45, 7) is 0. The maximum absolute atomic E-state index is 3.41. The molecule has 9 aromatic carbocycles. The minimum Gasteiger partial charge on any atom is -0.0617 e. The first kappa shape index (κ1) is 34.6. The molecule has 2 nitrogen and oxygen atoms in total. The van der Waals surface area contributed by atoms with E-state index in [1.807, 2.05) is 0 Å². The van der Waals surface area contributed by atoms with Crippen LogP contribution in [0.4, 0.5) is 17.1 Å². The Balaban J connectivity index is 1.12. The van der Waals surface area contributed by atoms with E-state index in [2.05, 4.69) is 252 Å². The number of para-hydroxylation sites is 2. The van der Waals surface area contributed by atoms with Gasteiger partial charge in [-0.3, -0.25) is 0 Å². The van der Waals surface area contributed by atoms with Crippen molar-refractivity contribution >= 4 is 69.7 Å². The summed E-state index contributed by atoms with van der Waals surface area (Å²) in [5.41, 5.74) is 9.31. The van der Waals surface area contributed by atoms with Gasteiger partial charge in [0.2, 0.25) is 0 Å². The Labute approximate surface area is 336 Å². The van der Waals surface area contributed by atoms with Crippen molar-refractivity contribution < 1.29 is 0 Å². The zero-order chi connectivity index (χ0) is 38.0. The van der Waals surface area contributed by atoms with Gasteiger partial charge in [0, 0.05) is 0 Å². The van der Waals surface area contributed by atoms with Crippen molar-refractivity contribution in [2.45, 2.75) is 0 Å². The van der Waals surface area contributed by atoms with Gasteiger partial charge in [-0.05, 0) is 11.1 Å². The third-order valence-electron chi connectivity index (χ3n) is 11.3. The molecule has 0 aliphatic heterocycles. The number of nitrogens with zero attached hydrogens (tertiary/aromatic N) is 2. The van der Waals surface area contributed by atoms with Gasteiger partial charge in [-0.15, -0.1) is 0 Å². The summed E-state index contributed by atoms with van der Waals surface area (Å²) < 4.78 is 8.04. The van der Waals surface area contributed by atoms with Gasteiger partial charge in [-0.25, -0.2) is 0 Å². The van der Waals surface area contributed by atoms with Crippen molar-refractivity contribution in [2.75, 3.05) is 4.90 Å². The Bertz CT molecular complexity index is 2810. The van der Waals surface area contributed by atoms with Crippen molar-refractivity contribution in [3.05, 3.63) is 243 Å². The fraction of sp³-hybridized carbons (Fsp3) is 0. The zero-order valence-electron chi connectivity index (χ0n) is 31.5. The van der Waals surface area contributed by atoms with Gasteiger partial charge in [0.25, 0.3) is 0 Å². The van der Waals surface area contributed by atoms with Crippen molar-refractivity contribution in [1.82, 2.24) is 4.57 Å². The molecule has 270 valence electrons. The molecule has 3 heteroatoms. The van der Waals surface area contributed by atoms with Crippen molar-refractivity contribution in [3.63, 3.8) is 0 Å². The van der Waals surface area contributed by atoms with E-state index >= 15 is 0 Å². The molecule has 0 amide bonds. The summed E-state index contributed by atoms with van der Waals surface area (Å²) in [7, 11) is 0. The summed E-state index contributed by atoms with van der Waals surface area (Å²) in [5.74, 6) is 0. The molecule has 57 heavy (non-hydrogen) atoms. The molecule has 0 saturated carbocycles. The second-order valence-corrected chi connectivity index (χ2v) is 22.5. The molecule has 0 radical (unpaired) electrons. The second kappa shape index (κ2) is 15.0. The first-order valence-corrected chi connectivity index (χ1v) is 23.8. The monoisotopic (exact) mass is 790 g/mol. The van der Waals surface area contributed by atoms with E-state index in [1.165, 1.54) is 50.5 Å². The number of benzene rings is 9. The second-order valence-electron chi connectivity index (χ2n) is 14.5. The molecule has 0 saturated heterocycles. The first-order chi connectivity index (χ1) is 28.3. The number of anilines is 3. The van der Waals surface area contributed by atoms with Gasteiger partial charge in [0.15, 0.2) is 0 Å². The average Bonchev–Trinajstić information content (AvgIpc) is 3.63. The van der Waals surface area contributed by atoms with Crippen LogP contribution in [0.5, 0.6) is 0 Å². The van der Waals surface area contributed by atoms with E-state index < -0.39 is 13.3 Å². The average molecular weight is 790 g/mol. The minimum atomic E-state index is -3.41. The van der Waals surface area contributed by atoms with E-state index in [9.17, 15) is 0 Å². The summed E-state index contributed by atoms with van der Waals surface area (Å²) in [5, 5.41) is 2.45. The van der Waals surface area contributed by atoms with Crippen LogP contribution in [0.3, 0.4) is 0 Å². The quantitative estimate of drug-likeness (QED) is 0.132. The van der Waals surface area contributed by atoms with Gasteiger partial charge in [-0.1, -0.05) is 42.5 Å². The Morgan fingerprint density at radius 3 is 1.30 bits per heavy atom. The van der Waals surface area contributed by atoms with Crippen LogP contribution in [0.1, 0.15) is 0 Å². The molecule has 0 bridgehead atoms. The smallest absolute Gasteiger partial charge is 0.0617 e. The van der Waals surface area contributed by atoms with Crippen LogP contribution in [0, 0.1) is 0 Å². The summed E-state index contributed by atoms with van der Waals surface area (Å²) >= 11 is -3.41. The fourth-order valence-corrected chi connectivity index (χ4v) is 18.7. The van der Waals surface area contributed by atoms with E-state index in [1.54, 1.807) is 0 Å². The standard InChI is InChI=1S/C54H40GeN2/c1-6-18-41(19-7-1)42-30-34-49(35-31-42)57-53-29-17-16-28-51(53)52-40-50(38-39-54(52)57)56(47-26-14-5-15-27-47)48-36-32-46(33-37-48)55(43-20-8-2-9-21-43,44-22-10-3-11-23-44)45-24-12-4-13-25-45/h1-40H. The normalized spacial score (nSPS) is 11.5. The maximum atomic E-state index is 2.40. The number of hydrogen-bond acceptors (Lipinski definition) is 1. The Morgan fingerprint density at radius 1 is 0.298 bits per heavy atom. The van der Waals surface area contributed by atoms with Gasteiger partial charge in [0.1, 0.15) is 0 Å². The van der Waals surface area contributed by atoms with E-state index in [-0.39, 0.29) is 0 Å². The van der Waals surface area contributed by atoms with Gasteiger partial charge >= 0.3 is 285 Å². The molecule has 0 atom stereocenters. The molecule has 0 N–H and O–H groups in total. The van der Waals surface area contributed by atoms with Crippen molar-refractivity contribution in [2.24, 2.45) is 0 Å². The predicted molar refractivity (Wildman–Crippen MR) is 245 cm³/mol. The minimum absolute atomic E-state index is 1.12. The summed E-state index contributed by atoms with van der Waals surface area (Å²) in [4.78, 5) is 2.40. The molecular formula is C54H40GeN2. The predicted octanol–water partition coefficient (Wildman–Crippen LogP) is 11.3. The fourth-order valence-electron chi connectivity index (χ4n) is 8.76. The SMILES string of the molecule is c1ccc(-c2ccc(-n3c4ccccc4c4cc(N(c5ccccc5)c5cc[c]([Ge]([c]6ccccc6)([c]6ccccc6)[c]6ccccc6)cc5)ccc43)cc2)cc1. The number of fused-ring (bicyclic) bond motifs is 3. The van der Waals surface area contributed by atoms with Crippen LogP contribution in [-0.2, 0) is 0 Å². The topological polar surface area (TPSA) is 8.17 Å². The Hall–Kier alpha value is -6.88.